The molecule has 2 amide bonds. The van der Waals surface area contributed by atoms with E-state index in [2.05, 4.69) is 15.0 Å². The lowest BCUT2D eigenvalue weighted by Crippen LogP contribution is -2.60. The average molecular weight is 450 g/mol. The highest BCUT2D eigenvalue weighted by Gasteiger charge is 2.37. The molecule has 1 aliphatic heterocycles. The van der Waals surface area contributed by atoms with Crippen molar-refractivity contribution in [1.29, 1.82) is 0 Å². The van der Waals surface area contributed by atoms with Crippen LogP contribution >= 0.6 is 0 Å². The van der Waals surface area contributed by atoms with Crippen molar-refractivity contribution in [2.45, 2.75) is 25.4 Å². The molecule has 3 heterocycles. The lowest BCUT2D eigenvalue weighted by Gasteiger charge is -2.40. The Morgan fingerprint density at radius 3 is 2.70 bits per heavy atom. The molecule has 1 atom stereocenters. The SMILES string of the molecule is COCC1C(=O)N(Cc2ccc3c(N)ncnc3c2)CCN1C(=O)CCc1ccc(N)nc1. The number of pyridine rings is 1. The van der Waals surface area contributed by atoms with Crippen LogP contribution in [0.2, 0.25) is 0 Å². The summed E-state index contributed by atoms with van der Waals surface area (Å²) in [6.45, 7) is 1.45. The number of hydrogen-bond donors (Lipinski definition) is 2. The Bertz CT molecular complexity index is 1150. The van der Waals surface area contributed by atoms with E-state index < -0.39 is 6.04 Å². The fraction of sp³-hybridized carbons (Fsp3) is 0.348. The van der Waals surface area contributed by atoms with E-state index in [1.54, 1.807) is 22.1 Å². The Balaban J connectivity index is 1.43. The van der Waals surface area contributed by atoms with Crippen molar-refractivity contribution in [1.82, 2.24) is 24.8 Å². The third-order valence-electron chi connectivity index (χ3n) is 5.81. The number of aryl methyl sites for hydroxylation is 1. The predicted octanol–water partition coefficient (Wildman–Crippen LogP) is 1.01. The molecule has 0 bridgehead atoms. The van der Waals surface area contributed by atoms with Crippen molar-refractivity contribution in [3.8, 4) is 0 Å². The van der Waals surface area contributed by atoms with Crippen LogP contribution in [0.15, 0.2) is 42.9 Å². The number of fused-ring (bicyclic) bond motifs is 1. The molecule has 1 aromatic carbocycles. The van der Waals surface area contributed by atoms with E-state index in [1.165, 1.54) is 13.4 Å². The van der Waals surface area contributed by atoms with Gasteiger partial charge in [0.15, 0.2) is 0 Å². The molecule has 2 aromatic heterocycles. The summed E-state index contributed by atoms with van der Waals surface area (Å²) < 4.78 is 5.28. The lowest BCUT2D eigenvalue weighted by atomic mass is 10.1. The first-order valence-electron chi connectivity index (χ1n) is 10.7. The minimum Gasteiger partial charge on any atom is -0.384 e. The number of nitrogen functional groups attached to an aromatic ring is 2. The lowest BCUT2D eigenvalue weighted by molar-refractivity contribution is -0.154. The molecule has 4 N–H and O–H groups in total. The van der Waals surface area contributed by atoms with Gasteiger partial charge in [0.2, 0.25) is 11.8 Å². The normalized spacial score (nSPS) is 16.4. The highest BCUT2D eigenvalue weighted by molar-refractivity contribution is 5.90. The topological polar surface area (TPSA) is 141 Å². The number of amides is 2. The summed E-state index contributed by atoms with van der Waals surface area (Å²) in [5.74, 6) is 0.645. The van der Waals surface area contributed by atoms with Gasteiger partial charge in [-0.2, -0.15) is 0 Å². The highest BCUT2D eigenvalue weighted by atomic mass is 16.5. The van der Waals surface area contributed by atoms with Gasteiger partial charge < -0.3 is 26.0 Å². The van der Waals surface area contributed by atoms with Crippen molar-refractivity contribution in [2.75, 3.05) is 38.3 Å². The maximum atomic E-state index is 13.2. The maximum absolute atomic E-state index is 13.2. The zero-order chi connectivity index (χ0) is 23.4. The van der Waals surface area contributed by atoms with Crippen LogP contribution in [0.25, 0.3) is 10.9 Å². The number of benzene rings is 1. The Morgan fingerprint density at radius 1 is 1.12 bits per heavy atom. The number of rotatable bonds is 7. The summed E-state index contributed by atoms with van der Waals surface area (Å²) in [6, 6.07) is 8.60. The standard InChI is InChI=1S/C23H27N7O3/c1-33-13-19-23(32)29(12-16-2-5-17-18(10-16)27-14-28-22(17)25)8-9-30(19)21(31)7-4-15-3-6-20(24)26-11-15/h2-3,5-6,10-11,14,19H,4,7-9,12-13H2,1H3,(H2,24,26)(H2,25,27,28). The first kappa shape index (κ1) is 22.4. The van der Waals surface area contributed by atoms with Gasteiger partial charge in [0, 0.05) is 44.7 Å². The van der Waals surface area contributed by atoms with Gasteiger partial charge in [0.25, 0.3) is 0 Å². The molecule has 4 rings (SSSR count). The van der Waals surface area contributed by atoms with Gasteiger partial charge in [-0.3, -0.25) is 9.59 Å². The van der Waals surface area contributed by atoms with Crippen LogP contribution in [0.3, 0.4) is 0 Å². The molecule has 1 fully saturated rings. The summed E-state index contributed by atoms with van der Waals surface area (Å²) in [6.07, 6.45) is 3.90. The number of aromatic nitrogens is 3. The summed E-state index contributed by atoms with van der Waals surface area (Å²) in [5.41, 5.74) is 14.1. The van der Waals surface area contributed by atoms with Crippen molar-refractivity contribution in [2.24, 2.45) is 0 Å². The van der Waals surface area contributed by atoms with Gasteiger partial charge in [-0.1, -0.05) is 12.1 Å². The first-order chi connectivity index (χ1) is 16.0. The van der Waals surface area contributed by atoms with Crippen LogP contribution in [0.4, 0.5) is 11.6 Å². The molecule has 33 heavy (non-hydrogen) atoms. The largest absolute Gasteiger partial charge is 0.384 e. The van der Waals surface area contributed by atoms with Crippen molar-refractivity contribution in [3.05, 3.63) is 54.0 Å². The van der Waals surface area contributed by atoms with Crippen LogP contribution in [0.1, 0.15) is 17.5 Å². The number of methoxy groups -OCH3 is 1. The van der Waals surface area contributed by atoms with E-state index in [1.807, 2.05) is 24.3 Å². The zero-order valence-corrected chi connectivity index (χ0v) is 18.5. The predicted molar refractivity (Wildman–Crippen MR) is 124 cm³/mol. The van der Waals surface area contributed by atoms with E-state index in [-0.39, 0.29) is 24.8 Å². The molecular weight excluding hydrogens is 422 g/mol. The van der Waals surface area contributed by atoms with Crippen LogP contribution in [0, 0.1) is 0 Å². The van der Waals surface area contributed by atoms with E-state index in [4.69, 9.17) is 16.2 Å². The average Bonchev–Trinajstić information content (AvgIpc) is 2.81. The highest BCUT2D eigenvalue weighted by Crippen LogP contribution is 2.21. The second kappa shape index (κ2) is 9.78. The third-order valence-corrected chi connectivity index (χ3v) is 5.81. The van der Waals surface area contributed by atoms with E-state index >= 15 is 0 Å². The van der Waals surface area contributed by atoms with Gasteiger partial charge in [0.05, 0.1) is 12.1 Å². The second-order valence-corrected chi connectivity index (χ2v) is 8.02. The van der Waals surface area contributed by atoms with E-state index in [0.717, 1.165) is 22.0 Å². The summed E-state index contributed by atoms with van der Waals surface area (Å²) in [7, 11) is 1.53. The molecular formula is C23H27N7O3. The number of nitrogens with two attached hydrogens (primary N) is 2. The summed E-state index contributed by atoms with van der Waals surface area (Å²) in [5, 5.41) is 0.775. The van der Waals surface area contributed by atoms with Crippen molar-refractivity contribution < 1.29 is 14.3 Å². The summed E-state index contributed by atoms with van der Waals surface area (Å²) in [4.78, 5) is 41.9. The molecule has 1 unspecified atom stereocenters. The molecule has 0 spiro atoms. The fourth-order valence-electron chi connectivity index (χ4n) is 4.03. The van der Waals surface area contributed by atoms with Gasteiger partial charge in [-0.15, -0.1) is 0 Å². The van der Waals surface area contributed by atoms with Crippen LogP contribution in [-0.2, 0) is 27.3 Å². The molecule has 1 aliphatic rings. The fourth-order valence-corrected chi connectivity index (χ4v) is 4.03. The van der Waals surface area contributed by atoms with Crippen molar-refractivity contribution in [3.63, 3.8) is 0 Å². The smallest absolute Gasteiger partial charge is 0.248 e. The Hall–Kier alpha value is -3.79. The number of carbonyl (C=O) groups excluding carboxylic acids is 2. The Morgan fingerprint density at radius 2 is 1.94 bits per heavy atom. The molecule has 0 saturated carbocycles. The zero-order valence-electron chi connectivity index (χ0n) is 18.5. The monoisotopic (exact) mass is 449 g/mol. The first-order valence-corrected chi connectivity index (χ1v) is 10.7. The van der Waals surface area contributed by atoms with E-state index in [9.17, 15) is 9.59 Å². The quantitative estimate of drug-likeness (QED) is 0.544. The molecule has 0 aliphatic carbocycles. The van der Waals surface area contributed by atoms with Crippen molar-refractivity contribution >= 4 is 34.4 Å². The van der Waals surface area contributed by atoms with Crippen LogP contribution < -0.4 is 11.5 Å². The van der Waals surface area contributed by atoms with Gasteiger partial charge in [0.1, 0.15) is 24.0 Å². The summed E-state index contributed by atoms with van der Waals surface area (Å²) >= 11 is 0. The minimum absolute atomic E-state index is 0.0836. The van der Waals surface area contributed by atoms with Gasteiger partial charge in [-0.25, -0.2) is 15.0 Å². The Kier molecular flexibility index (Phi) is 6.64. The molecule has 172 valence electrons. The molecule has 10 nitrogen and oxygen atoms in total. The number of ether oxygens (including phenoxy) is 1. The van der Waals surface area contributed by atoms with Gasteiger partial charge >= 0.3 is 0 Å². The maximum Gasteiger partial charge on any atom is 0.248 e. The number of anilines is 2. The Labute approximate surface area is 191 Å². The van der Waals surface area contributed by atoms with Crippen LogP contribution in [0.5, 0.6) is 0 Å². The van der Waals surface area contributed by atoms with Crippen LogP contribution in [-0.4, -0.2) is 69.4 Å². The molecule has 10 heteroatoms. The third kappa shape index (κ3) is 5.01. The minimum atomic E-state index is -0.654. The van der Waals surface area contributed by atoms with Gasteiger partial charge in [-0.05, 0) is 35.7 Å². The molecule has 1 saturated heterocycles. The number of piperazine rings is 1. The molecule has 0 radical (unpaired) electrons. The number of hydrogen-bond acceptors (Lipinski definition) is 8. The number of carbonyl (C=O) groups is 2. The van der Waals surface area contributed by atoms with E-state index in [0.29, 0.717) is 37.7 Å². The molecule has 3 aromatic rings. The second-order valence-electron chi connectivity index (χ2n) is 8.02. The number of nitrogens with zero attached hydrogens (tertiary/aromatic N) is 5.